The molecule has 5 aliphatic heterocycles. The molecule has 9 rings (SSSR count). The van der Waals surface area contributed by atoms with Gasteiger partial charge in [0.05, 0.1) is 39.5 Å². The second-order valence-electron chi connectivity index (χ2n) is 19.2. The van der Waals surface area contributed by atoms with Gasteiger partial charge in [0, 0.05) is 82.5 Å². The number of carbonyl (C=O) groups excluding carboxylic acids is 3. The molecule has 0 spiro atoms. The van der Waals surface area contributed by atoms with Crippen molar-refractivity contribution in [3.05, 3.63) is 72.0 Å². The Kier molecular flexibility index (Phi) is 24.5. The molecule has 5 N–H and O–H groups in total. The van der Waals surface area contributed by atoms with Crippen LogP contribution in [0.3, 0.4) is 0 Å². The fraction of sp³-hybridized carbons (Fsp3) is 0.571. The van der Waals surface area contributed by atoms with Crippen molar-refractivity contribution in [3.8, 4) is 16.5 Å². The van der Waals surface area contributed by atoms with Gasteiger partial charge in [-0.25, -0.2) is 9.37 Å². The van der Waals surface area contributed by atoms with E-state index in [1.807, 2.05) is 47.3 Å². The number of anilines is 1. The van der Waals surface area contributed by atoms with Crippen molar-refractivity contribution in [2.45, 2.75) is 121 Å². The van der Waals surface area contributed by atoms with Crippen LogP contribution < -0.4 is 89.6 Å². The Hall–Kier alpha value is -2.07. The number of nitrogens with two attached hydrogens (primary N) is 1. The number of thiazole rings is 1. The number of nitrogens with one attached hydrogen (secondary N) is 3. The van der Waals surface area contributed by atoms with E-state index in [0.717, 1.165) is 89.6 Å². The molecule has 5 fully saturated rings. The number of benzene rings is 1. The van der Waals surface area contributed by atoms with Crippen molar-refractivity contribution < 1.29 is 114 Å². The van der Waals surface area contributed by atoms with E-state index in [2.05, 4.69) is 76.1 Å². The van der Waals surface area contributed by atoms with Crippen LogP contribution in [0.2, 0.25) is 0 Å². The average Bonchev–Trinajstić information content (AvgIpc) is 4.17. The summed E-state index contributed by atoms with van der Waals surface area (Å²) < 4.78 is 21.0. The van der Waals surface area contributed by atoms with E-state index in [-0.39, 0.29) is 119 Å². The molecule has 367 valence electrons. The van der Waals surface area contributed by atoms with Crippen LogP contribution in [0, 0.1) is 30.9 Å². The molecule has 5 aliphatic rings. The first-order valence-electron chi connectivity index (χ1n) is 23.3. The monoisotopic (exact) mass is 1110 g/mol. The first-order chi connectivity index (χ1) is 32.2. The number of piperazine rings is 1. The summed E-state index contributed by atoms with van der Waals surface area (Å²) in [6.07, 6.45) is 17.4. The normalized spacial score (nSPS) is 23.0. The van der Waals surface area contributed by atoms with Crippen LogP contribution >= 0.6 is 11.3 Å². The molecule has 1 amide bonds. The van der Waals surface area contributed by atoms with Crippen molar-refractivity contribution in [3.63, 3.8) is 0 Å². The largest absolute Gasteiger partial charge is 1.00 e. The maximum atomic E-state index is 14.7. The second-order valence-corrected chi connectivity index (χ2v) is 20.1. The predicted molar refractivity (Wildman–Crippen MR) is 260 cm³/mol. The van der Waals surface area contributed by atoms with Gasteiger partial charge in [-0.05, 0) is 114 Å². The minimum atomic E-state index is -0.577. The zero-order valence-electron chi connectivity index (χ0n) is 41.4. The number of rotatable bonds is 14. The Morgan fingerprint density at radius 2 is 1.84 bits per heavy atom. The molecule has 69 heavy (non-hydrogen) atoms. The van der Waals surface area contributed by atoms with E-state index in [4.69, 9.17) is 22.1 Å². The number of pyridine rings is 1. The molecule has 1 radical (unpaired) electrons. The number of likely N-dealkylation sites (tertiary alicyclic amines) is 1. The third-order valence-corrected chi connectivity index (χ3v) is 14.4. The van der Waals surface area contributed by atoms with E-state index in [1.54, 1.807) is 22.5 Å². The smallest absolute Gasteiger partial charge is 0.521 e. The maximum Gasteiger partial charge on any atom is 1.00 e. The molecule has 8 heterocycles. The van der Waals surface area contributed by atoms with Crippen molar-refractivity contribution in [2.75, 3.05) is 58.3 Å². The molecule has 1 aromatic carbocycles. The van der Waals surface area contributed by atoms with Gasteiger partial charge < -0.3 is 56.5 Å². The average molecular weight is 1110 g/mol. The first kappa shape index (κ1) is 59.5. The standard InChI is InChI=1S/C24H31FN8O.C12H14N2S.C7H12NO2.C6H11NO.Rb.Y/c1-2-32(26)14-18-6-8-24(7-3-9-33(18)24)15-34-23-29-21-19(10-27-11-20(21)25)22(30-23)31-12-16-4-5-17(13-31)28-16;1-9-12(15-8-14-9)11-5-3-10(4-6-11)7-13-2;1-7(2,3)6(4-9)8-5-10;1-7-4-2-3-6(7)5-8;;/h1-2,10,16-18,28H,3-9,12-15,26H2;3-6,8,13H,7H2,1-2H3;4,6H,1-3H3,(H,8,10);5-6H,2-4H2,1H3;;/q-2;;-1;;+1;/t16?,17?,18-,24-;;2*6-;;/m1.01../s1. The molecular weight excluding hydrogens is 1050 g/mol. The molecule has 20 heteroatoms. The fourth-order valence-corrected chi connectivity index (χ4v) is 10.5. The summed E-state index contributed by atoms with van der Waals surface area (Å²) in [5, 5.41) is 11.2. The van der Waals surface area contributed by atoms with Gasteiger partial charge in [0.1, 0.15) is 25.0 Å². The van der Waals surface area contributed by atoms with Crippen LogP contribution in [0.5, 0.6) is 6.01 Å². The number of hydrazine groups is 1. The SMILES string of the molecule is CC(C)(C)[C@H](C=O)N[C-]=O.CN1CCC[C@@H]1C=O.CNCc1ccc(-c2scnc2C)cc1.[CH-]=CN(N)C[C@H]1CC[C@@]2(COc3nc(N4CC5CCC(C4)N5)c4cn[c-]c(F)c4n3)CCCN12.[Rb+].[Y]. The number of aryl methyl sites for hydroxylation is 1. The van der Waals surface area contributed by atoms with Crippen molar-refractivity contribution >= 4 is 47.0 Å². The maximum absolute atomic E-state index is 14.7. The Morgan fingerprint density at radius 3 is 2.39 bits per heavy atom. The second kappa shape index (κ2) is 28.4. The van der Waals surface area contributed by atoms with E-state index >= 15 is 0 Å². The van der Waals surface area contributed by atoms with E-state index in [1.165, 1.54) is 35.0 Å². The molecular formula is C49H68FN12O4RbSY-2. The number of halogens is 1. The Morgan fingerprint density at radius 1 is 1.12 bits per heavy atom. The van der Waals surface area contributed by atoms with Crippen molar-refractivity contribution in [1.29, 1.82) is 0 Å². The van der Waals surface area contributed by atoms with E-state index in [9.17, 15) is 18.8 Å². The summed E-state index contributed by atoms with van der Waals surface area (Å²) in [7, 11) is 3.95. The molecule has 0 saturated carbocycles. The summed E-state index contributed by atoms with van der Waals surface area (Å²) in [5.74, 6) is 6.06. The summed E-state index contributed by atoms with van der Waals surface area (Å²) in [6, 6.07) is 9.81. The predicted octanol–water partition coefficient (Wildman–Crippen LogP) is 1.78. The third-order valence-electron chi connectivity index (χ3n) is 13.5. The topological polar surface area (TPSA) is 187 Å². The summed E-state index contributed by atoms with van der Waals surface area (Å²) >= 11 is 1.70. The Balaban J connectivity index is 0.000000244. The number of aromatic nitrogens is 4. The summed E-state index contributed by atoms with van der Waals surface area (Å²) in [4.78, 5) is 55.8. The van der Waals surface area contributed by atoms with Crippen LogP contribution in [0.1, 0.15) is 83.4 Å². The van der Waals surface area contributed by atoms with E-state index in [0.29, 0.717) is 48.8 Å². The molecule has 2 unspecified atom stereocenters. The molecule has 6 atom stereocenters. The number of likely N-dealkylation sites (N-methyl/N-ethyl adjacent to an activating group) is 1. The van der Waals surface area contributed by atoms with Gasteiger partial charge in [-0.2, -0.15) is 17.6 Å². The first-order valence-corrected chi connectivity index (χ1v) is 24.2. The number of hydrogen-bond donors (Lipinski definition) is 4. The van der Waals surface area contributed by atoms with Crippen molar-refractivity contribution in [2.24, 2.45) is 11.3 Å². The van der Waals surface area contributed by atoms with Crippen LogP contribution in [-0.2, 0) is 53.6 Å². The van der Waals surface area contributed by atoms with Gasteiger partial charge in [0.2, 0.25) is 0 Å². The molecule has 2 bridgehead atoms. The number of nitrogens with zero attached hydrogens (tertiary/aromatic N) is 8. The number of fused-ring (bicyclic) bond motifs is 4. The van der Waals surface area contributed by atoms with Gasteiger partial charge >= 0.3 is 64.2 Å². The zero-order valence-corrected chi connectivity index (χ0v) is 50.0. The van der Waals surface area contributed by atoms with Gasteiger partial charge in [-0.3, -0.25) is 20.6 Å². The summed E-state index contributed by atoms with van der Waals surface area (Å²) in [6.45, 7) is 19.1. The number of aldehydes is 2. The van der Waals surface area contributed by atoms with Crippen molar-refractivity contribution in [1.82, 2.24) is 50.7 Å². The van der Waals surface area contributed by atoms with Crippen LogP contribution in [0.4, 0.5) is 10.2 Å². The fourth-order valence-electron chi connectivity index (χ4n) is 9.70. The quantitative estimate of drug-likeness (QED) is 0.0471. The Labute approximate surface area is 486 Å². The van der Waals surface area contributed by atoms with Crippen LogP contribution in [0.15, 0.2) is 42.2 Å². The Bertz CT molecular complexity index is 2250. The van der Waals surface area contributed by atoms with Gasteiger partial charge in [-0.15, -0.1) is 11.3 Å². The minimum absolute atomic E-state index is 0. The number of ether oxygens (including phenoxy) is 1. The number of carbonyl (C=O) groups is 2. The van der Waals surface area contributed by atoms with Gasteiger partial charge in [-0.1, -0.05) is 51.2 Å². The van der Waals surface area contributed by atoms with Crippen LogP contribution in [-0.4, -0.2) is 143 Å². The molecule has 4 aromatic rings. The van der Waals surface area contributed by atoms with Gasteiger partial charge in [0.25, 0.3) is 0 Å². The van der Waals surface area contributed by atoms with E-state index < -0.39 is 11.9 Å². The molecule has 16 nitrogen and oxygen atoms in total. The number of amides is 1. The van der Waals surface area contributed by atoms with Crippen LogP contribution in [0.25, 0.3) is 21.3 Å². The minimum Gasteiger partial charge on any atom is -0.521 e. The molecule has 0 aliphatic carbocycles. The number of hydrogen-bond acceptors (Lipinski definition) is 16. The van der Waals surface area contributed by atoms with Gasteiger partial charge in [0.15, 0.2) is 0 Å². The molecule has 5 saturated heterocycles. The zero-order chi connectivity index (χ0) is 48.1. The third kappa shape index (κ3) is 16.0. The molecule has 3 aromatic heterocycles. The summed E-state index contributed by atoms with van der Waals surface area (Å²) in [5.41, 5.74) is 5.49.